The lowest BCUT2D eigenvalue weighted by Gasteiger charge is -2.18. The van der Waals surface area contributed by atoms with E-state index in [1.807, 2.05) is 6.08 Å². The molecule has 0 saturated carbocycles. The zero-order valence-electron chi connectivity index (χ0n) is 52.6. The maximum Gasteiger partial charge on any atom is 0.306 e. The van der Waals surface area contributed by atoms with Crippen molar-refractivity contribution in [3.8, 4) is 0 Å². The van der Waals surface area contributed by atoms with Crippen molar-refractivity contribution in [1.82, 2.24) is 0 Å². The van der Waals surface area contributed by atoms with Gasteiger partial charge in [0.1, 0.15) is 13.2 Å². The minimum Gasteiger partial charge on any atom is -0.462 e. The number of rotatable bonds is 63. The van der Waals surface area contributed by atoms with Crippen molar-refractivity contribution >= 4 is 17.9 Å². The van der Waals surface area contributed by atoms with Crippen LogP contribution in [0.5, 0.6) is 0 Å². The second-order valence-corrected chi connectivity index (χ2v) is 23.1. The number of unbranched alkanes of at least 4 members (excludes halogenated alkanes) is 40. The van der Waals surface area contributed by atoms with Gasteiger partial charge in [0, 0.05) is 19.3 Å². The van der Waals surface area contributed by atoms with E-state index in [1.54, 1.807) is 0 Å². The first-order chi connectivity index (χ1) is 39.0. The number of allylic oxidation sites excluding steroid dienone is 12. The summed E-state index contributed by atoms with van der Waals surface area (Å²) < 4.78 is 16.9. The van der Waals surface area contributed by atoms with E-state index in [0.717, 1.165) is 70.6 Å². The minimum atomic E-state index is -0.802. The maximum absolute atomic E-state index is 12.9. The molecule has 458 valence electrons. The summed E-state index contributed by atoms with van der Waals surface area (Å²) >= 11 is 0. The van der Waals surface area contributed by atoms with Crippen molar-refractivity contribution in [1.29, 1.82) is 0 Å². The van der Waals surface area contributed by atoms with Gasteiger partial charge in [0.15, 0.2) is 6.10 Å². The van der Waals surface area contributed by atoms with Gasteiger partial charge in [0.2, 0.25) is 0 Å². The molecule has 0 radical (unpaired) electrons. The fraction of sp³-hybridized carbons (Fsp3) is 0.795. The molecule has 0 fully saturated rings. The first-order valence-electron chi connectivity index (χ1n) is 34.4. The molecular formula is C73H130O6. The number of hydrogen-bond donors (Lipinski definition) is 0. The van der Waals surface area contributed by atoms with Gasteiger partial charge in [-0.15, -0.1) is 0 Å². The lowest BCUT2D eigenvalue weighted by atomic mass is 10.0. The SMILES string of the molecule is CC/C=C\C/C=C\C/C=C\C/C=C\CCC(=O)OCC(COC(=O)CCCCCCCCCCCCCCCCCCC/C=C\C/C=C\CCCCCCC)OC(=O)CCCCCCCCCCCCCCCCCCCCC. The largest absolute Gasteiger partial charge is 0.462 e. The van der Waals surface area contributed by atoms with E-state index in [1.165, 1.54) is 238 Å². The van der Waals surface area contributed by atoms with Gasteiger partial charge in [0.05, 0.1) is 0 Å². The minimum absolute atomic E-state index is 0.0930. The van der Waals surface area contributed by atoms with Crippen LogP contribution in [0.2, 0.25) is 0 Å². The molecule has 0 heterocycles. The van der Waals surface area contributed by atoms with Gasteiger partial charge in [0.25, 0.3) is 0 Å². The molecule has 79 heavy (non-hydrogen) atoms. The smallest absolute Gasteiger partial charge is 0.306 e. The fourth-order valence-electron chi connectivity index (χ4n) is 10.1. The van der Waals surface area contributed by atoms with Crippen LogP contribution in [0.3, 0.4) is 0 Å². The summed E-state index contributed by atoms with van der Waals surface area (Å²) in [6, 6.07) is 0. The van der Waals surface area contributed by atoms with E-state index in [4.69, 9.17) is 14.2 Å². The third kappa shape index (κ3) is 65.5. The van der Waals surface area contributed by atoms with Crippen LogP contribution < -0.4 is 0 Å². The zero-order valence-corrected chi connectivity index (χ0v) is 52.6. The molecule has 0 aliphatic rings. The number of carbonyl (C=O) groups excluding carboxylic acids is 3. The van der Waals surface area contributed by atoms with Crippen LogP contribution in [0.4, 0.5) is 0 Å². The summed E-state index contributed by atoms with van der Waals surface area (Å²) in [7, 11) is 0. The number of hydrogen-bond acceptors (Lipinski definition) is 6. The number of carbonyl (C=O) groups is 3. The van der Waals surface area contributed by atoms with E-state index in [9.17, 15) is 14.4 Å². The fourth-order valence-corrected chi connectivity index (χ4v) is 10.1. The van der Waals surface area contributed by atoms with Crippen LogP contribution in [0.15, 0.2) is 72.9 Å². The highest BCUT2D eigenvalue weighted by molar-refractivity contribution is 5.71. The molecule has 6 heteroatoms. The van der Waals surface area contributed by atoms with Crippen molar-refractivity contribution < 1.29 is 28.6 Å². The summed E-state index contributed by atoms with van der Waals surface area (Å²) in [5.74, 6) is -0.958. The summed E-state index contributed by atoms with van der Waals surface area (Å²) in [6.45, 7) is 6.50. The Labute approximate surface area is 491 Å². The average molecular weight is 1100 g/mol. The second-order valence-electron chi connectivity index (χ2n) is 23.1. The highest BCUT2D eigenvalue weighted by Gasteiger charge is 2.19. The molecule has 0 rings (SSSR count). The van der Waals surface area contributed by atoms with Crippen molar-refractivity contribution in [2.45, 2.75) is 361 Å². The van der Waals surface area contributed by atoms with Gasteiger partial charge in [-0.05, 0) is 77.0 Å². The van der Waals surface area contributed by atoms with E-state index in [0.29, 0.717) is 19.3 Å². The Balaban J connectivity index is 4.23. The molecule has 0 aliphatic carbocycles. The molecule has 1 atom stereocenters. The monoisotopic (exact) mass is 1100 g/mol. The second kappa shape index (κ2) is 67.4. The molecule has 0 spiro atoms. The van der Waals surface area contributed by atoms with Gasteiger partial charge < -0.3 is 14.2 Å². The quantitative estimate of drug-likeness (QED) is 0.0261. The molecule has 0 saturated heterocycles. The van der Waals surface area contributed by atoms with Crippen LogP contribution in [0.25, 0.3) is 0 Å². The van der Waals surface area contributed by atoms with Crippen molar-refractivity contribution in [2.75, 3.05) is 13.2 Å². The van der Waals surface area contributed by atoms with E-state index in [-0.39, 0.29) is 37.5 Å². The molecule has 0 aliphatic heterocycles. The van der Waals surface area contributed by atoms with E-state index >= 15 is 0 Å². The van der Waals surface area contributed by atoms with Crippen molar-refractivity contribution in [3.05, 3.63) is 72.9 Å². The van der Waals surface area contributed by atoms with Gasteiger partial charge in [-0.25, -0.2) is 0 Å². The Kier molecular flexibility index (Phi) is 64.7. The Bertz CT molecular complexity index is 1450. The van der Waals surface area contributed by atoms with Crippen LogP contribution in [0, 0.1) is 0 Å². The molecule has 0 aromatic carbocycles. The molecule has 0 amide bonds. The van der Waals surface area contributed by atoms with Crippen LogP contribution in [0.1, 0.15) is 355 Å². The molecular weight excluding hydrogens is 973 g/mol. The van der Waals surface area contributed by atoms with Gasteiger partial charge >= 0.3 is 17.9 Å². The summed E-state index contributed by atoms with van der Waals surface area (Å²) in [5, 5.41) is 0. The van der Waals surface area contributed by atoms with Gasteiger partial charge in [-0.3, -0.25) is 14.4 Å². The highest BCUT2D eigenvalue weighted by atomic mass is 16.6. The first kappa shape index (κ1) is 75.8. The maximum atomic E-state index is 12.9. The molecule has 0 bridgehead atoms. The predicted molar refractivity (Wildman–Crippen MR) is 344 cm³/mol. The van der Waals surface area contributed by atoms with Crippen molar-refractivity contribution in [2.24, 2.45) is 0 Å². The topological polar surface area (TPSA) is 78.9 Å². The summed E-state index contributed by atoms with van der Waals surface area (Å²) in [4.78, 5) is 38.3. The normalized spacial score (nSPS) is 12.5. The van der Waals surface area contributed by atoms with E-state index in [2.05, 4.69) is 87.6 Å². The van der Waals surface area contributed by atoms with Crippen LogP contribution in [-0.4, -0.2) is 37.2 Å². The summed E-state index contributed by atoms with van der Waals surface area (Å²) in [5.41, 5.74) is 0. The molecule has 0 N–H and O–H groups in total. The highest BCUT2D eigenvalue weighted by Crippen LogP contribution is 2.18. The Morgan fingerprint density at radius 1 is 0.266 bits per heavy atom. The van der Waals surface area contributed by atoms with Gasteiger partial charge in [-0.1, -0.05) is 331 Å². The standard InChI is InChI=1S/C73H130O6/c1-4-7-10-13-16-19-22-25-27-29-31-32-33-34-35-36-37-38-39-40-42-43-45-48-51-54-57-60-63-66-72(75)78-69-70(68-77-71(74)65-62-59-56-53-50-47-24-21-18-15-12-9-6-3)79-73(76)67-64-61-58-55-52-49-46-44-41-30-28-26-23-20-17-14-11-8-5-2/h9,12,18,21-22,25,29,31,47,50,56,59,70H,4-8,10-11,13-17,19-20,23-24,26-28,30,32-46,48-49,51-55,57-58,60-69H2,1-3H3/b12-9-,21-18-,25-22-,31-29-,50-47-,59-56-. The third-order valence-electron chi connectivity index (χ3n) is 15.2. The van der Waals surface area contributed by atoms with Gasteiger partial charge in [-0.2, -0.15) is 0 Å². The van der Waals surface area contributed by atoms with Crippen LogP contribution in [-0.2, 0) is 28.6 Å². The Hall–Kier alpha value is -3.15. The first-order valence-corrected chi connectivity index (χ1v) is 34.4. The average Bonchev–Trinajstić information content (AvgIpc) is 3.45. The zero-order chi connectivity index (χ0) is 57.1. The lowest BCUT2D eigenvalue weighted by molar-refractivity contribution is -0.166. The van der Waals surface area contributed by atoms with E-state index < -0.39 is 6.10 Å². The Morgan fingerprint density at radius 2 is 0.519 bits per heavy atom. The third-order valence-corrected chi connectivity index (χ3v) is 15.2. The number of esters is 3. The summed E-state index contributed by atoms with van der Waals surface area (Å²) in [6.07, 6.45) is 88.1. The molecule has 1 unspecified atom stereocenters. The van der Waals surface area contributed by atoms with Crippen molar-refractivity contribution in [3.63, 3.8) is 0 Å². The molecule has 6 nitrogen and oxygen atoms in total. The number of ether oxygens (including phenoxy) is 3. The lowest BCUT2D eigenvalue weighted by Crippen LogP contribution is -2.30. The predicted octanol–water partition coefficient (Wildman–Crippen LogP) is 23.7. The molecule has 0 aromatic rings. The Morgan fingerprint density at radius 3 is 0.848 bits per heavy atom. The van der Waals surface area contributed by atoms with Crippen LogP contribution >= 0.6 is 0 Å². The molecule has 0 aromatic heterocycles.